The molecule has 10 heteroatoms. The fourth-order valence-electron chi connectivity index (χ4n) is 4.77. The second-order valence-corrected chi connectivity index (χ2v) is 10.0. The lowest BCUT2D eigenvalue weighted by Gasteiger charge is -2.19. The second-order valence-electron chi connectivity index (χ2n) is 10.0. The molecule has 1 aliphatic carbocycles. The van der Waals surface area contributed by atoms with Gasteiger partial charge in [0.2, 0.25) is 5.91 Å². The zero-order chi connectivity index (χ0) is 30.1. The van der Waals surface area contributed by atoms with Crippen molar-refractivity contribution in [2.45, 2.75) is 50.8 Å². The topological polar surface area (TPSA) is 105 Å². The Morgan fingerprint density at radius 1 is 0.905 bits per heavy atom. The van der Waals surface area contributed by atoms with Crippen molar-refractivity contribution in [2.75, 3.05) is 11.9 Å². The molecule has 220 valence electrons. The lowest BCUT2D eigenvalue weighted by atomic mass is 9.89. The smallest absolute Gasteiger partial charge is 0.481 e. The first-order valence-corrected chi connectivity index (χ1v) is 13.6. The summed E-state index contributed by atoms with van der Waals surface area (Å²) in [6.45, 7) is -0.0142. The van der Waals surface area contributed by atoms with Crippen LogP contribution in [0, 0.1) is 0 Å². The van der Waals surface area contributed by atoms with Crippen LogP contribution in [0.1, 0.15) is 65.1 Å². The molecule has 3 aromatic carbocycles. The van der Waals surface area contributed by atoms with Crippen LogP contribution < -0.4 is 15.4 Å². The molecule has 1 atom stereocenters. The van der Waals surface area contributed by atoms with Crippen LogP contribution >= 0.6 is 0 Å². The molecule has 0 saturated heterocycles. The number of anilines is 1. The van der Waals surface area contributed by atoms with Crippen LogP contribution in [0.5, 0.6) is 5.75 Å². The predicted octanol–water partition coefficient (Wildman–Crippen LogP) is 6.71. The zero-order valence-corrected chi connectivity index (χ0v) is 22.7. The molecule has 4 rings (SSSR count). The van der Waals surface area contributed by atoms with Crippen LogP contribution in [0.2, 0.25) is 0 Å². The van der Waals surface area contributed by atoms with Gasteiger partial charge in [-0.05, 0) is 90.8 Å². The number of hydrogen-bond donors (Lipinski definition) is 3. The molecular weight excluding hydrogens is 549 g/mol. The van der Waals surface area contributed by atoms with Crippen molar-refractivity contribution < 1.29 is 37.4 Å². The number of alkyl halides is 3. The van der Waals surface area contributed by atoms with E-state index in [1.165, 1.54) is 48.4 Å². The summed E-state index contributed by atoms with van der Waals surface area (Å²) in [6, 6.07) is 19.3. The van der Waals surface area contributed by atoms with E-state index in [9.17, 15) is 27.6 Å². The Kier molecular flexibility index (Phi) is 10.0. The van der Waals surface area contributed by atoms with Gasteiger partial charge in [0.15, 0.2) is 0 Å². The van der Waals surface area contributed by atoms with Gasteiger partial charge in [-0.2, -0.15) is 0 Å². The molecule has 0 heterocycles. The summed E-state index contributed by atoms with van der Waals surface area (Å²) in [6.07, 6.45) is 1.95. The average Bonchev–Trinajstić information content (AvgIpc) is 2.96. The van der Waals surface area contributed by atoms with Gasteiger partial charge in [0.05, 0.1) is 12.3 Å². The number of aliphatic carboxylic acids is 1. The molecule has 0 bridgehead atoms. The van der Waals surface area contributed by atoms with Gasteiger partial charge in [-0.25, -0.2) is 0 Å². The highest BCUT2D eigenvalue weighted by Gasteiger charge is 2.31. The second kappa shape index (κ2) is 13.8. The Morgan fingerprint density at radius 3 is 2.19 bits per heavy atom. The van der Waals surface area contributed by atoms with E-state index in [4.69, 9.17) is 5.11 Å². The van der Waals surface area contributed by atoms with E-state index >= 15 is 0 Å². The first kappa shape index (κ1) is 30.4. The van der Waals surface area contributed by atoms with Gasteiger partial charge in [0.25, 0.3) is 5.91 Å². The highest BCUT2D eigenvalue weighted by molar-refractivity contribution is 5.98. The zero-order valence-electron chi connectivity index (χ0n) is 22.7. The molecule has 1 unspecified atom stereocenters. The Labute approximate surface area is 241 Å². The molecule has 0 saturated carbocycles. The Bertz CT molecular complexity index is 1420. The number of carboxylic acids is 1. The van der Waals surface area contributed by atoms with E-state index in [1.54, 1.807) is 12.1 Å². The summed E-state index contributed by atoms with van der Waals surface area (Å²) in [4.78, 5) is 36.4. The monoisotopic (exact) mass is 580 g/mol. The average molecular weight is 581 g/mol. The van der Waals surface area contributed by atoms with Crippen molar-refractivity contribution in [3.05, 3.63) is 101 Å². The van der Waals surface area contributed by atoms with Crippen molar-refractivity contribution in [3.8, 4) is 5.75 Å². The molecule has 3 aromatic rings. The number of carbonyl (C=O) groups excluding carboxylic acids is 2. The highest BCUT2D eigenvalue weighted by Crippen LogP contribution is 2.30. The molecule has 1 aliphatic rings. The third-order valence-corrected chi connectivity index (χ3v) is 6.93. The Hall–Kier alpha value is -4.60. The van der Waals surface area contributed by atoms with E-state index in [0.29, 0.717) is 23.2 Å². The predicted molar refractivity (Wildman–Crippen MR) is 152 cm³/mol. The minimum atomic E-state index is -4.83. The number of hydrogen-bond acceptors (Lipinski definition) is 4. The van der Waals surface area contributed by atoms with Gasteiger partial charge in [0, 0.05) is 17.8 Å². The van der Waals surface area contributed by atoms with Gasteiger partial charge in [0.1, 0.15) is 5.75 Å². The van der Waals surface area contributed by atoms with Gasteiger partial charge in [-0.1, -0.05) is 42.5 Å². The fourth-order valence-corrected chi connectivity index (χ4v) is 4.77. The van der Waals surface area contributed by atoms with E-state index in [2.05, 4.69) is 21.4 Å². The lowest BCUT2D eigenvalue weighted by Crippen LogP contribution is -2.26. The highest BCUT2D eigenvalue weighted by atomic mass is 19.4. The molecule has 0 radical (unpaired) electrons. The van der Waals surface area contributed by atoms with Crippen LogP contribution in [0.4, 0.5) is 18.9 Å². The van der Waals surface area contributed by atoms with E-state index in [0.717, 1.165) is 30.4 Å². The van der Waals surface area contributed by atoms with Crippen molar-refractivity contribution in [1.29, 1.82) is 0 Å². The van der Waals surface area contributed by atoms with E-state index in [-0.39, 0.29) is 24.6 Å². The minimum absolute atomic E-state index is 0.0142. The summed E-state index contributed by atoms with van der Waals surface area (Å²) in [7, 11) is 0. The lowest BCUT2D eigenvalue weighted by molar-refractivity contribution is -0.274. The maximum absolute atomic E-state index is 13.5. The Balaban J connectivity index is 1.50. The molecule has 2 amide bonds. The van der Waals surface area contributed by atoms with Crippen LogP contribution in [-0.4, -0.2) is 35.8 Å². The van der Waals surface area contributed by atoms with Crippen LogP contribution in [0.15, 0.2) is 78.9 Å². The van der Waals surface area contributed by atoms with Gasteiger partial charge in [-0.3, -0.25) is 14.4 Å². The van der Waals surface area contributed by atoms with Gasteiger partial charge >= 0.3 is 12.3 Å². The van der Waals surface area contributed by atoms with Crippen LogP contribution in [-0.2, 0) is 16.0 Å². The van der Waals surface area contributed by atoms with E-state index < -0.39 is 24.2 Å². The number of nitrogens with one attached hydrogen (secondary N) is 2. The largest absolute Gasteiger partial charge is 0.573 e. The van der Waals surface area contributed by atoms with Gasteiger partial charge < -0.3 is 20.5 Å². The number of allylic oxidation sites excluding steroid dienone is 2. The quantitative estimate of drug-likeness (QED) is 0.234. The van der Waals surface area contributed by atoms with Gasteiger partial charge in [-0.15, -0.1) is 13.2 Å². The number of ether oxygens (including phenoxy) is 1. The maximum Gasteiger partial charge on any atom is 0.573 e. The summed E-state index contributed by atoms with van der Waals surface area (Å²) in [5.74, 6) is -2.96. The van der Waals surface area contributed by atoms with Crippen LogP contribution in [0.3, 0.4) is 0 Å². The molecule has 0 fully saturated rings. The van der Waals surface area contributed by atoms with Crippen molar-refractivity contribution in [2.24, 2.45) is 0 Å². The third kappa shape index (κ3) is 8.95. The first-order valence-electron chi connectivity index (χ1n) is 13.6. The SMILES string of the molecule is O=C(O)CCNC(=O)c1ccc(NC(=O)C(Cc2ccc(C3=CCCCC3)cc2)c2ccc(OC(F)(F)F)cc2)cc1. The number of carbonyl (C=O) groups is 3. The van der Waals surface area contributed by atoms with E-state index in [1.807, 2.05) is 24.3 Å². The molecule has 3 N–H and O–H groups in total. The fraction of sp³-hybridized carbons (Fsp3) is 0.281. The molecule has 42 heavy (non-hydrogen) atoms. The van der Waals surface area contributed by atoms with Crippen molar-refractivity contribution in [3.63, 3.8) is 0 Å². The maximum atomic E-state index is 13.5. The molecule has 7 nitrogen and oxygen atoms in total. The Morgan fingerprint density at radius 2 is 1.60 bits per heavy atom. The molecular formula is C32H31F3N2O5. The number of amides is 2. The summed E-state index contributed by atoms with van der Waals surface area (Å²) in [5.41, 5.74) is 4.56. The first-order chi connectivity index (χ1) is 20.1. The third-order valence-electron chi connectivity index (χ3n) is 6.93. The van der Waals surface area contributed by atoms with Crippen molar-refractivity contribution in [1.82, 2.24) is 5.32 Å². The number of carboxylic acid groups (broad SMARTS) is 1. The molecule has 0 aromatic heterocycles. The standard InChI is InChI=1S/C32H31F3N2O5/c33-32(34,35)42-27-16-12-24(13-17-27)28(20-21-6-8-23(9-7-21)22-4-2-1-3-5-22)31(41)37-26-14-10-25(11-15-26)30(40)36-19-18-29(38)39/h4,6-17,28H,1-3,5,18-20H2,(H,36,40)(H,37,41)(H,38,39). The van der Waals surface area contributed by atoms with Crippen LogP contribution in [0.25, 0.3) is 5.57 Å². The number of halogens is 3. The molecule has 0 aliphatic heterocycles. The summed E-state index contributed by atoms with van der Waals surface area (Å²) < 4.78 is 42.0. The minimum Gasteiger partial charge on any atom is -0.481 e. The summed E-state index contributed by atoms with van der Waals surface area (Å²) in [5, 5.41) is 14.1. The van der Waals surface area contributed by atoms with Crippen molar-refractivity contribution >= 4 is 29.0 Å². The normalized spacial score (nSPS) is 13.9. The summed E-state index contributed by atoms with van der Waals surface area (Å²) >= 11 is 0. The molecule has 0 spiro atoms. The number of rotatable bonds is 11. The number of benzene rings is 3.